The second kappa shape index (κ2) is 5.57. The standard InChI is InChI=1S/C18H19NO4/c1-18(17(21)22)9-10-19(11-18)16(20)14-7-8-15(23-2)13-6-4-3-5-12(13)14/h3-8H,9-11H2,1-2H3,(H,21,22). The maximum absolute atomic E-state index is 12.9. The number of fused-ring (bicyclic) bond motifs is 1. The van der Waals surface area contributed by atoms with Gasteiger partial charge >= 0.3 is 5.97 Å². The number of ether oxygens (including phenoxy) is 1. The average molecular weight is 313 g/mol. The first-order valence-electron chi connectivity index (χ1n) is 7.55. The number of hydrogen-bond donors (Lipinski definition) is 1. The van der Waals surface area contributed by atoms with Crippen molar-refractivity contribution >= 4 is 22.6 Å². The third-order valence-corrected chi connectivity index (χ3v) is 4.61. The third kappa shape index (κ3) is 2.52. The average Bonchev–Trinajstić information content (AvgIpc) is 2.97. The fraction of sp³-hybridized carbons (Fsp3) is 0.333. The number of carboxylic acid groups (broad SMARTS) is 1. The third-order valence-electron chi connectivity index (χ3n) is 4.61. The van der Waals surface area contributed by atoms with Gasteiger partial charge in [-0.1, -0.05) is 24.3 Å². The Hall–Kier alpha value is -2.56. The van der Waals surface area contributed by atoms with E-state index < -0.39 is 11.4 Å². The lowest BCUT2D eigenvalue weighted by molar-refractivity contribution is -0.147. The lowest BCUT2D eigenvalue weighted by Crippen LogP contribution is -2.34. The van der Waals surface area contributed by atoms with Gasteiger partial charge in [0.15, 0.2) is 0 Å². The van der Waals surface area contributed by atoms with Crippen LogP contribution in [0.5, 0.6) is 5.75 Å². The van der Waals surface area contributed by atoms with Gasteiger partial charge in [-0.3, -0.25) is 9.59 Å². The first-order chi connectivity index (χ1) is 11.0. The van der Waals surface area contributed by atoms with Gasteiger partial charge in [0.2, 0.25) is 0 Å². The summed E-state index contributed by atoms with van der Waals surface area (Å²) >= 11 is 0. The molecule has 120 valence electrons. The van der Waals surface area contributed by atoms with E-state index in [1.165, 1.54) is 0 Å². The zero-order valence-electron chi connectivity index (χ0n) is 13.2. The summed E-state index contributed by atoms with van der Waals surface area (Å²) in [4.78, 5) is 25.9. The van der Waals surface area contributed by atoms with Crippen LogP contribution in [0.4, 0.5) is 0 Å². The van der Waals surface area contributed by atoms with E-state index in [4.69, 9.17) is 4.74 Å². The molecule has 1 fully saturated rings. The van der Waals surface area contributed by atoms with Crippen LogP contribution in [0.2, 0.25) is 0 Å². The molecule has 2 aromatic rings. The Morgan fingerprint density at radius 3 is 2.48 bits per heavy atom. The monoisotopic (exact) mass is 313 g/mol. The number of carboxylic acids is 1. The molecule has 1 N–H and O–H groups in total. The van der Waals surface area contributed by atoms with Gasteiger partial charge in [-0.2, -0.15) is 0 Å². The first kappa shape index (κ1) is 15.3. The van der Waals surface area contributed by atoms with Crippen LogP contribution < -0.4 is 4.74 Å². The highest BCUT2D eigenvalue weighted by atomic mass is 16.5. The van der Waals surface area contributed by atoms with Crippen molar-refractivity contribution in [2.75, 3.05) is 20.2 Å². The van der Waals surface area contributed by atoms with E-state index in [-0.39, 0.29) is 12.5 Å². The van der Waals surface area contributed by atoms with Gasteiger partial charge in [0.05, 0.1) is 12.5 Å². The topological polar surface area (TPSA) is 66.8 Å². The normalized spacial score (nSPS) is 20.7. The summed E-state index contributed by atoms with van der Waals surface area (Å²) in [5, 5.41) is 11.0. The molecule has 23 heavy (non-hydrogen) atoms. The molecule has 0 saturated carbocycles. The fourth-order valence-electron chi connectivity index (χ4n) is 3.12. The Balaban J connectivity index is 1.98. The van der Waals surface area contributed by atoms with Crippen LogP contribution in [-0.2, 0) is 4.79 Å². The SMILES string of the molecule is COc1ccc(C(=O)N2CCC(C)(C(=O)O)C2)c2ccccc12. The van der Waals surface area contributed by atoms with Gasteiger partial charge in [0.1, 0.15) is 5.75 Å². The minimum Gasteiger partial charge on any atom is -0.496 e. The Kier molecular flexibility index (Phi) is 3.72. The molecule has 5 nitrogen and oxygen atoms in total. The first-order valence-corrected chi connectivity index (χ1v) is 7.55. The van der Waals surface area contributed by atoms with Crippen molar-refractivity contribution in [2.45, 2.75) is 13.3 Å². The lowest BCUT2D eigenvalue weighted by Gasteiger charge is -2.21. The van der Waals surface area contributed by atoms with E-state index in [9.17, 15) is 14.7 Å². The van der Waals surface area contributed by atoms with E-state index in [1.54, 1.807) is 31.1 Å². The molecule has 1 amide bonds. The Morgan fingerprint density at radius 1 is 1.17 bits per heavy atom. The second-order valence-electron chi connectivity index (χ2n) is 6.20. The molecule has 0 aliphatic carbocycles. The smallest absolute Gasteiger partial charge is 0.311 e. The minimum absolute atomic E-state index is 0.131. The number of likely N-dealkylation sites (tertiary alicyclic amines) is 1. The van der Waals surface area contributed by atoms with Crippen LogP contribution in [0, 0.1) is 5.41 Å². The predicted octanol–water partition coefficient (Wildman–Crippen LogP) is 2.79. The van der Waals surface area contributed by atoms with Gasteiger partial charge in [-0.15, -0.1) is 0 Å². The number of nitrogens with zero attached hydrogens (tertiary/aromatic N) is 1. The van der Waals surface area contributed by atoms with Crippen molar-refractivity contribution in [2.24, 2.45) is 5.41 Å². The van der Waals surface area contributed by atoms with Crippen molar-refractivity contribution in [1.82, 2.24) is 4.90 Å². The number of carbonyl (C=O) groups is 2. The van der Waals surface area contributed by atoms with E-state index in [1.807, 2.05) is 24.3 Å². The van der Waals surface area contributed by atoms with Crippen molar-refractivity contribution in [3.05, 3.63) is 42.0 Å². The zero-order chi connectivity index (χ0) is 16.6. The molecule has 0 aromatic heterocycles. The summed E-state index contributed by atoms with van der Waals surface area (Å²) in [6, 6.07) is 11.1. The van der Waals surface area contributed by atoms with Gasteiger partial charge < -0.3 is 14.7 Å². The van der Waals surface area contributed by atoms with E-state index >= 15 is 0 Å². The number of rotatable bonds is 3. The summed E-state index contributed by atoms with van der Waals surface area (Å²) in [6.45, 7) is 2.39. The highest BCUT2D eigenvalue weighted by molar-refractivity contribution is 6.08. The number of hydrogen-bond acceptors (Lipinski definition) is 3. The summed E-state index contributed by atoms with van der Waals surface area (Å²) in [6.07, 6.45) is 0.474. The number of benzene rings is 2. The molecule has 1 atom stereocenters. The van der Waals surface area contributed by atoms with Crippen LogP contribution in [-0.4, -0.2) is 42.1 Å². The Labute approximate surface area is 134 Å². The molecule has 5 heteroatoms. The molecular weight excluding hydrogens is 294 g/mol. The van der Waals surface area contributed by atoms with E-state index in [0.717, 1.165) is 10.8 Å². The van der Waals surface area contributed by atoms with Crippen LogP contribution in [0.1, 0.15) is 23.7 Å². The summed E-state index contributed by atoms with van der Waals surface area (Å²) in [5.41, 5.74) is -0.283. The molecule has 0 bridgehead atoms. The molecule has 1 heterocycles. The molecule has 0 spiro atoms. The Bertz CT molecular complexity index is 786. The van der Waals surface area contributed by atoms with Crippen LogP contribution >= 0.6 is 0 Å². The van der Waals surface area contributed by atoms with Gasteiger partial charge in [-0.25, -0.2) is 0 Å². The molecule has 3 rings (SSSR count). The second-order valence-corrected chi connectivity index (χ2v) is 6.20. The zero-order valence-corrected chi connectivity index (χ0v) is 13.2. The maximum atomic E-state index is 12.9. The van der Waals surface area contributed by atoms with Gasteiger partial charge in [-0.05, 0) is 30.9 Å². The predicted molar refractivity (Wildman–Crippen MR) is 86.8 cm³/mol. The molecule has 1 saturated heterocycles. The molecular formula is C18H19NO4. The summed E-state index contributed by atoms with van der Waals surface area (Å²) in [5.74, 6) is -0.268. The van der Waals surface area contributed by atoms with Crippen molar-refractivity contribution in [3.63, 3.8) is 0 Å². The highest BCUT2D eigenvalue weighted by Gasteiger charge is 2.42. The number of amides is 1. The van der Waals surface area contributed by atoms with Crippen LogP contribution in [0.15, 0.2) is 36.4 Å². The van der Waals surface area contributed by atoms with Gasteiger partial charge in [0, 0.05) is 24.0 Å². The van der Waals surface area contributed by atoms with Crippen LogP contribution in [0.25, 0.3) is 10.8 Å². The molecule has 1 unspecified atom stereocenters. The molecule has 0 radical (unpaired) electrons. The summed E-state index contributed by atoms with van der Waals surface area (Å²) < 4.78 is 5.35. The number of methoxy groups -OCH3 is 1. The fourth-order valence-corrected chi connectivity index (χ4v) is 3.12. The minimum atomic E-state index is -0.863. The van der Waals surface area contributed by atoms with Gasteiger partial charge in [0.25, 0.3) is 5.91 Å². The van der Waals surface area contributed by atoms with E-state index in [0.29, 0.717) is 24.3 Å². The van der Waals surface area contributed by atoms with Crippen molar-refractivity contribution < 1.29 is 19.4 Å². The number of aliphatic carboxylic acids is 1. The molecule has 1 aliphatic heterocycles. The molecule has 2 aromatic carbocycles. The lowest BCUT2D eigenvalue weighted by atomic mass is 9.90. The highest BCUT2D eigenvalue weighted by Crippen LogP contribution is 2.33. The van der Waals surface area contributed by atoms with E-state index in [2.05, 4.69) is 0 Å². The largest absolute Gasteiger partial charge is 0.496 e. The Morgan fingerprint density at radius 2 is 1.87 bits per heavy atom. The summed E-state index contributed by atoms with van der Waals surface area (Å²) in [7, 11) is 1.60. The van der Waals surface area contributed by atoms with Crippen molar-refractivity contribution in [1.29, 1.82) is 0 Å². The van der Waals surface area contributed by atoms with Crippen LogP contribution in [0.3, 0.4) is 0 Å². The molecule has 1 aliphatic rings. The van der Waals surface area contributed by atoms with Crippen molar-refractivity contribution in [3.8, 4) is 5.75 Å². The maximum Gasteiger partial charge on any atom is 0.311 e. The quantitative estimate of drug-likeness (QED) is 0.946. The number of carbonyl (C=O) groups excluding carboxylic acids is 1.